The summed E-state index contributed by atoms with van der Waals surface area (Å²) in [7, 11) is 0. The summed E-state index contributed by atoms with van der Waals surface area (Å²) in [5, 5.41) is 18.3. The van der Waals surface area contributed by atoms with Crippen molar-refractivity contribution < 1.29 is 19.7 Å². The minimum absolute atomic E-state index is 0.0529. The average Bonchev–Trinajstić information content (AvgIpc) is 2.29. The summed E-state index contributed by atoms with van der Waals surface area (Å²) in [6, 6.07) is 7.34. The number of fused-ring (bicyclic) bond motifs is 1. The minimum atomic E-state index is -0.691. The van der Waals surface area contributed by atoms with Gasteiger partial charge in [-0.15, -0.1) is 0 Å². The summed E-state index contributed by atoms with van der Waals surface area (Å²) in [6.07, 6.45) is -0.786. The van der Waals surface area contributed by atoms with Crippen molar-refractivity contribution in [3.63, 3.8) is 0 Å². The fourth-order valence-electron chi connectivity index (χ4n) is 1.54. The Bertz CT molecular complexity index is 326. The molecule has 0 amide bonds. The fraction of sp³-hybridized carbons (Fsp3) is 0.455. The summed E-state index contributed by atoms with van der Waals surface area (Å²) in [4.78, 5) is 0. The van der Waals surface area contributed by atoms with Gasteiger partial charge in [-0.25, -0.2) is 0 Å². The van der Waals surface area contributed by atoms with E-state index in [9.17, 15) is 5.11 Å². The zero-order chi connectivity index (χ0) is 10.7. The molecule has 1 aliphatic rings. The van der Waals surface area contributed by atoms with Gasteiger partial charge < -0.3 is 19.7 Å². The smallest absolute Gasteiger partial charge is 0.161 e. The van der Waals surface area contributed by atoms with E-state index in [0.29, 0.717) is 24.5 Å². The van der Waals surface area contributed by atoms with Crippen LogP contribution >= 0.6 is 0 Å². The molecule has 1 aromatic rings. The largest absolute Gasteiger partial charge is 0.486 e. The van der Waals surface area contributed by atoms with E-state index < -0.39 is 12.2 Å². The van der Waals surface area contributed by atoms with E-state index in [4.69, 9.17) is 14.6 Å². The second-order valence-corrected chi connectivity index (χ2v) is 3.49. The van der Waals surface area contributed by atoms with Crippen molar-refractivity contribution in [2.75, 3.05) is 13.2 Å². The molecule has 15 heavy (non-hydrogen) atoms. The summed E-state index contributed by atoms with van der Waals surface area (Å²) in [5.41, 5.74) is 0. The lowest BCUT2D eigenvalue weighted by Crippen LogP contribution is -2.40. The van der Waals surface area contributed by atoms with Crippen molar-refractivity contribution >= 4 is 0 Å². The van der Waals surface area contributed by atoms with Gasteiger partial charge in [0.05, 0.1) is 6.10 Å². The molecule has 0 bridgehead atoms. The molecule has 2 N–H and O–H groups in total. The average molecular weight is 210 g/mol. The quantitative estimate of drug-likeness (QED) is 0.765. The normalized spacial score (nSPS) is 21.1. The Morgan fingerprint density at radius 3 is 2.80 bits per heavy atom. The summed E-state index contributed by atoms with van der Waals surface area (Å²) < 4.78 is 11.0. The minimum Gasteiger partial charge on any atom is -0.486 e. The second kappa shape index (κ2) is 4.51. The van der Waals surface area contributed by atoms with Crippen LogP contribution in [0.4, 0.5) is 0 Å². The van der Waals surface area contributed by atoms with Crippen LogP contribution in [0, 0.1) is 0 Å². The van der Waals surface area contributed by atoms with E-state index in [-0.39, 0.29) is 6.61 Å². The van der Waals surface area contributed by atoms with Gasteiger partial charge in [-0.05, 0) is 12.1 Å². The molecule has 0 saturated carbocycles. The highest BCUT2D eigenvalue weighted by Gasteiger charge is 2.26. The zero-order valence-corrected chi connectivity index (χ0v) is 8.30. The topological polar surface area (TPSA) is 58.9 Å². The first kappa shape index (κ1) is 10.3. The molecule has 0 aliphatic carbocycles. The lowest BCUT2D eigenvalue weighted by Gasteiger charge is -2.29. The van der Waals surface area contributed by atoms with Crippen molar-refractivity contribution in [1.82, 2.24) is 0 Å². The van der Waals surface area contributed by atoms with Crippen LogP contribution in [0.5, 0.6) is 11.5 Å². The van der Waals surface area contributed by atoms with Gasteiger partial charge >= 0.3 is 0 Å². The molecule has 0 saturated heterocycles. The molecule has 82 valence electrons. The summed E-state index contributed by atoms with van der Waals surface area (Å²) >= 11 is 0. The monoisotopic (exact) mass is 210 g/mol. The van der Waals surface area contributed by atoms with Gasteiger partial charge in [0.1, 0.15) is 6.61 Å². The van der Waals surface area contributed by atoms with E-state index in [1.54, 1.807) is 6.07 Å². The molecule has 4 heteroatoms. The highest BCUT2D eigenvalue weighted by atomic mass is 16.6. The van der Waals surface area contributed by atoms with Crippen molar-refractivity contribution in [1.29, 1.82) is 0 Å². The highest BCUT2D eigenvalue weighted by Crippen LogP contribution is 2.31. The van der Waals surface area contributed by atoms with Crippen LogP contribution in [0.3, 0.4) is 0 Å². The number of benzene rings is 1. The van der Waals surface area contributed by atoms with Crippen molar-refractivity contribution in [2.45, 2.75) is 18.6 Å². The van der Waals surface area contributed by atoms with Gasteiger partial charge in [0.25, 0.3) is 0 Å². The molecule has 4 nitrogen and oxygen atoms in total. The van der Waals surface area contributed by atoms with Crippen molar-refractivity contribution in [3.05, 3.63) is 24.3 Å². The van der Waals surface area contributed by atoms with Crippen molar-refractivity contribution in [2.24, 2.45) is 0 Å². The standard InChI is InChI=1S/C11H14O4/c12-6-5-8(13)11-7-14-9-3-1-2-4-10(9)15-11/h1-4,8,11-13H,5-7H2/t8-,11-/m0/s1. The van der Waals surface area contributed by atoms with E-state index in [1.807, 2.05) is 18.2 Å². The van der Waals surface area contributed by atoms with Crippen LogP contribution in [-0.4, -0.2) is 35.6 Å². The van der Waals surface area contributed by atoms with Crippen LogP contribution in [0.25, 0.3) is 0 Å². The SMILES string of the molecule is OCC[C@H](O)[C@@H]1COc2ccccc2O1. The number of aliphatic hydroxyl groups is 2. The molecule has 1 aliphatic heterocycles. The van der Waals surface area contributed by atoms with E-state index in [2.05, 4.69) is 0 Å². The molecule has 0 radical (unpaired) electrons. The fourth-order valence-corrected chi connectivity index (χ4v) is 1.54. The van der Waals surface area contributed by atoms with Crippen LogP contribution in [0.15, 0.2) is 24.3 Å². The third kappa shape index (κ3) is 2.22. The van der Waals surface area contributed by atoms with Gasteiger partial charge in [-0.2, -0.15) is 0 Å². The Hall–Kier alpha value is -1.26. The number of para-hydroxylation sites is 2. The Morgan fingerprint density at radius 1 is 1.33 bits per heavy atom. The Balaban J connectivity index is 2.05. The van der Waals surface area contributed by atoms with E-state index in [1.165, 1.54) is 0 Å². The molecule has 0 aromatic heterocycles. The number of hydrogen-bond donors (Lipinski definition) is 2. The van der Waals surface area contributed by atoms with Gasteiger partial charge in [0.15, 0.2) is 17.6 Å². The summed E-state index contributed by atoms with van der Waals surface area (Å²) in [6.45, 7) is 0.265. The predicted molar refractivity (Wildman–Crippen MR) is 54.1 cm³/mol. The number of ether oxygens (including phenoxy) is 2. The number of hydrogen-bond acceptors (Lipinski definition) is 4. The molecule has 0 fully saturated rings. The lowest BCUT2D eigenvalue weighted by atomic mass is 10.1. The number of aliphatic hydroxyl groups excluding tert-OH is 2. The maximum atomic E-state index is 9.63. The zero-order valence-electron chi connectivity index (χ0n) is 8.30. The van der Waals surface area contributed by atoms with Crippen LogP contribution in [-0.2, 0) is 0 Å². The number of rotatable bonds is 3. The maximum Gasteiger partial charge on any atom is 0.161 e. The summed E-state index contributed by atoms with van der Waals surface area (Å²) in [5.74, 6) is 1.34. The predicted octanol–water partition coefficient (Wildman–Crippen LogP) is 0.570. The Labute approximate surface area is 88.1 Å². The lowest BCUT2D eigenvalue weighted by molar-refractivity contribution is -0.0198. The maximum absolute atomic E-state index is 9.63. The molecule has 1 heterocycles. The van der Waals surface area contributed by atoms with Gasteiger partial charge in [-0.1, -0.05) is 12.1 Å². The Kier molecular flexibility index (Phi) is 3.08. The van der Waals surface area contributed by atoms with E-state index in [0.717, 1.165) is 0 Å². The van der Waals surface area contributed by atoms with Gasteiger partial charge in [0.2, 0.25) is 0 Å². The first-order valence-electron chi connectivity index (χ1n) is 4.98. The third-order valence-corrected chi connectivity index (χ3v) is 2.38. The first-order valence-corrected chi connectivity index (χ1v) is 4.98. The molecular weight excluding hydrogens is 196 g/mol. The molecule has 0 spiro atoms. The van der Waals surface area contributed by atoms with Crippen LogP contribution in [0.1, 0.15) is 6.42 Å². The molecule has 1 aromatic carbocycles. The van der Waals surface area contributed by atoms with Crippen LogP contribution < -0.4 is 9.47 Å². The molecule has 2 atom stereocenters. The Morgan fingerprint density at radius 2 is 2.07 bits per heavy atom. The second-order valence-electron chi connectivity index (χ2n) is 3.49. The molecule has 0 unspecified atom stereocenters. The first-order chi connectivity index (χ1) is 7.31. The van der Waals surface area contributed by atoms with Gasteiger partial charge in [0, 0.05) is 13.0 Å². The van der Waals surface area contributed by atoms with Crippen LogP contribution in [0.2, 0.25) is 0 Å². The molecule has 2 rings (SSSR count). The third-order valence-electron chi connectivity index (χ3n) is 2.38. The molecular formula is C11H14O4. The van der Waals surface area contributed by atoms with Gasteiger partial charge in [-0.3, -0.25) is 0 Å². The highest BCUT2D eigenvalue weighted by molar-refractivity contribution is 5.40. The van der Waals surface area contributed by atoms with E-state index >= 15 is 0 Å². The van der Waals surface area contributed by atoms with Crippen molar-refractivity contribution in [3.8, 4) is 11.5 Å².